The second kappa shape index (κ2) is 11.6. The van der Waals surface area contributed by atoms with E-state index in [0.717, 1.165) is 18.2 Å². The molecule has 2 aromatic rings. The lowest BCUT2D eigenvalue weighted by atomic mass is 10.2. The number of nitrogens with two attached hydrogens (primary N) is 2. The van der Waals surface area contributed by atoms with Gasteiger partial charge in [-0.3, -0.25) is 20.2 Å². The lowest BCUT2D eigenvalue weighted by Gasteiger charge is -2.06. The molecule has 0 atom stereocenters. The van der Waals surface area contributed by atoms with Gasteiger partial charge < -0.3 is 16.2 Å². The molecule has 0 heterocycles. The monoisotopic (exact) mass is 442 g/mol. The Labute approximate surface area is 182 Å². The summed E-state index contributed by atoms with van der Waals surface area (Å²) in [6, 6.07) is 10.5. The van der Waals surface area contributed by atoms with Crippen LogP contribution in [0.5, 0.6) is 5.75 Å². The van der Waals surface area contributed by atoms with Crippen LogP contribution < -0.4 is 26.8 Å². The van der Waals surface area contributed by atoms with Crippen LogP contribution in [0.1, 0.15) is 11.1 Å². The van der Waals surface area contributed by atoms with Crippen LogP contribution in [-0.2, 0) is 9.59 Å². The van der Waals surface area contributed by atoms with Crippen LogP contribution in [0.4, 0.5) is 8.78 Å². The van der Waals surface area contributed by atoms with Crippen molar-refractivity contribution in [1.29, 1.82) is 0 Å². The van der Waals surface area contributed by atoms with E-state index in [1.54, 1.807) is 24.3 Å². The summed E-state index contributed by atoms with van der Waals surface area (Å²) in [5.41, 5.74) is 11.0. The Balaban J connectivity index is 2.09. The summed E-state index contributed by atoms with van der Waals surface area (Å²) in [4.78, 5) is 24.3. The fourth-order valence-corrected chi connectivity index (χ4v) is 2.24. The average molecular weight is 442 g/mol. The van der Waals surface area contributed by atoms with Gasteiger partial charge in [-0.1, -0.05) is 24.3 Å². The summed E-state index contributed by atoms with van der Waals surface area (Å²) in [5, 5.41) is 11.4. The van der Waals surface area contributed by atoms with E-state index in [4.69, 9.17) is 16.2 Å². The van der Waals surface area contributed by atoms with Crippen LogP contribution in [-0.4, -0.2) is 30.8 Å². The molecule has 0 saturated heterocycles. The maximum absolute atomic E-state index is 13.7. The number of hydrogen-bond donors (Lipinski definition) is 4. The Hall–Kier alpha value is -4.54. The smallest absolute Gasteiger partial charge is 0.250 e. The molecule has 0 aliphatic heterocycles. The molecule has 11 heteroatoms. The van der Waals surface area contributed by atoms with E-state index < -0.39 is 35.4 Å². The molecular formula is C21H20F2N6O3. The van der Waals surface area contributed by atoms with Gasteiger partial charge in [0.2, 0.25) is 11.9 Å². The molecule has 9 nitrogen and oxygen atoms in total. The normalized spacial score (nSPS) is 11.4. The molecule has 6 N–H and O–H groups in total. The van der Waals surface area contributed by atoms with Crippen molar-refractivity contribution in [3.05, 3.63) is 77.4 Å². The van der Waals surface area contributed by atoms with Gasteiger partial charge in [-0.15, -0.1) is 10.2 Å². The Kier molecular flexibility index (Phi) is 8.60. The SMILES string of the molecule is COc1cccc(C=CC(=O)NC(=NN=C(N)N)NC(=O)C=Cc2cccc(F)c2F)c1. The number of carbonyl (C=O) groups is 2. The lowest BCUT2D eigenvalue weighted by Crippen LogP contribution is -2.42. The largest absolute Gasteiger partial charge is 0.497 e. The maximum Gasteiger partial charge on any atom is 0.250 e. The maximum atomic E-state index is 13.7. The molecule has 0 bridgehead atoms. The van der Waals surface area contributed by atoms with Gasteiger partial charge in [0.15, 0.2) is 11.6 Å². The molecular weight excluding hydrogens is 422 g/mol. The zero-order valence-electron chi connectivity index (χ0n) is 16.9. The lowest BCUT2D eigenvalue weighted by molar-refractivity contribution is -0.115. The van der Waals surface area contributed by atoms with Crippen LogP contribution in [0.3, 0.4) is 0 Å². The number of ether oxygens (including phenoxy) is 1. The van der Waals surface area contributed by atoms with E-state index in [-0.39, 0.29) is 5.56 Å². The minimum atomic E-state index is -1.11. The number of methoxy groups -OCH3 is 1. The quantitative estimate of drug-likeness (QED) is 0.232. The highest BCUT2D eigenvalue weighted by atomic mass is 19.2. The predicted octanol–water partition coefficient (Wildman–Crippen LogP) is 1.48. The van der Waals surface area contributed by atoms with Gasteiger partial charge in [0.25, 0.3) is 11.8 Å². The minimum Gasteiger partial charge on any atom is -0.497 e. The number of nitrogens with zero attached hydrogens (tertiary/aromatic N) is 2. The molecule has 0 aliphatic carbocycles. The first-order chi connectivity index (χ1) is 15.3. The van der Waals surface area contributed by atoms with Crippen LogP contribution in [0.2, 0.25) is 0 Å². The number of carbonyl (C=O) groups excluding carboxylic acids is 2. The van der Waals surface area contributed by atoms with Gasteiger partial charge in [-0.25, -0.2) is 8.78 Å². The van der Waals surface area contributed by atoms with Gasteiger partial charge in [0.05, 0.1) is 7.11 Å². The molecule has 2 amide bonds. The van der Waals surface area contributed by atoms with Gasteiger partial charge in [0.1, 0.15) is 5.75 Å². The first-order valence-electron chi connectivity index (χ1n) is 9.01. The number of guanidine groups is 2. The molecule has 0 radical (unpaired) electrons. The summed E-state index contributed by atoms with van der Waals surface area (Å²) in [7, 11) is 1.52. The second-order valence-electron chi connectivity index (χ2n) is 6.04. The highest BCUT2D eigenvalue weighted by Gasteiger charge is 2.09. The first kappa shape index (κ1) is 23.7. The standard InChI is InChI=1S/C21H20F2N6O3/c1-32-15-6-2-4-13(12-15)8-10-17(30)26-21(29-28-20(24)25)27-18(31)11-9-14-5-3-7-16(22)19(14)23/h2-12H,1H3,(H4,24,25,28)(H2,26,27,29,30,31). The molecule has 0 aliphatic rings. The summed E-state index contributed by atoms with van der Waals surface area (Å²) >= 11 is 0. The first-order valence-corrected chi connectivity index (χ1v) is 9.01. The van der Waals surface area contributed by atoms with Crippen molar-refractivity contribution in [2.75, 3.05) is 7.11 Å². The zero-order valence-corrected chi connectivity index (χ0v) is 16.9. The van der Waals surface area contributed by atoms with Crippen molar-refractivity contribution < 1.29 is 23.1 Å². The summed E-state index contributed by atoms with van der Waals surface area (Å²) in [5.74, 6) is -3.84. The van der Waals surface area contributed by atoms with Gasteiger partial charge in [0, 0.05) is 17.7 Å². The molecule has 2 aromatic carbocycles. The highest BCUT2D eigenvalue weighted by molar-refractivity contribution is 6.11. The van der Waals surface area contributed by atoms with Crippen LogP contribution in [0.25, 0.3) is 12.2 Å². The average Bonchev–Trinajstić information content (AvgIpc) is 2.77. The Morgan fingerprint density at radius 3 is 2.28 bits per heavy atom. The number of hydrogen-bond acceptors (Lipinski definition) is 5. The molecule has 0 spiro atoms. The summed E-state index contributed by atoms with van der Waals surface area (Å²) in [6.07, 6.45) is 4.66. The Bertz CT molecular complexity index is 1110. The van der Waals surface area contributed by atoms with Gasteiger partial charge in [-0.2, -0.15) is 0 Å². The minimum absolute atomic E-state index is 0.145. The third-order valence-electron chi connectivity index (χ3n) is 3.67. The number of nitrogens with one attached hydrogen (secondary N) is 2. The van der Waals surface area contributed by atoms with Crippen molar-refractivity contribution in [2.45, 2.75) is 0 Å². The topological polar surface area (TPSA) is 144 Å². The molecule has 0 aromatic heterocycles. The number of rotatable bonds is 6. The van der Waals surface area contributed by atoms with Crippen molar-refractivity contribution in [1.82, 2.24) is 10.6 Å². The molecule has 32 heavy (non-hydrogen) atoms. The van der Waals surface area contributed by atoms with Crippen LogP contribution in [0, 0.1) is 11.6 Å². The number of amides is 2. The van der Waals surface area contributed by atoms with E-state index in [1.165, 1.54) is 31.4 Å². The van der Waals surface area contributed by atoms with Gasteiger partial charge >= 0.3 is 0 Å². The van der Waals surface area contributed by atoms with Crippen LogP contribution >= 0.6 is 0 Å². The number of benzene rings is 2. The molecule has 0 unspecified atom stereocenters. The highest BCUT2D eigenvalue weighted by Crippen LogP contribution is 2.14. The summed E-state index contributed by atoms with van der Waals surface area (Å²) < 4.78 is 32.0. The van der Waals surface area contributed by atoms with Crippen LogP contribution in [0.15, 0.2) is 64.8 Å². The molecule has 2 rings (SSSR count). The molecule has 166 valence electrons. The van der Waals surface area contributed by atoms with E-state index in [0.29, 0.717) is 11.3 Å². The van der Waals surface area contributed by atoms with E-state index >= 15 is 0 Å². The van der Waals surface area contributed by atoms with Crippen molar-refractivity contribution >= 4 is 35.9 Å². The zero-order chi connectivity index (χ0) is 23.5. The van der Waals surface area contributed by atoms with E-state index in [2.05, 4.69) is 20.8 Å². The second-order valence-corrected chi connectivity index (χ2v) is 6.04. The third-order valence-corrected chi connectivity index (χ3v) is 3.67. The van der Waals surface area contributed by atoms with Crippen molar-refractivity contribution in [3.8, 4) is 5.75 Å². The molecule has 0 fully saturated rings. The van der Waals surface area contributed by atoms with Gasteiger partial charge in [-0.05, 0) is 35.9 Å². The Morgan fingerprint density at radius 2 is 1.62 bits per heavy atom. The fraction of sp³-hybridized carbons (Fsp3) is 0.0476. The van der Waals surface area contributed by atoms with Crippen molar-refractivity contribution in [2.24, 2.45) is 21.7 Å². The van der Waals surface area contributed by atoms with Crippen molar-refractivity contribution in [3.63, 3.8) is 0 Å². The van der Waals surface area contributed by atoms with E-state index in [9.17, 15) is 18.4 Å². The fourth-order valence-electron chi connectivity index (χ4n) is 2.24. The molecule has 0 saturated carbocycles. The predicted molar refractivity (Wildman–Crippen MR) is 117 cm³/mol. The third kappa shape index (κ3) is 7.71. The number of halogens is 2. The van der Waals surface area contributed by atoms with E-state index in [1.807, 2.05) is 0 Å². The summed E-state index contributed by atoms with van der Waals surface area (Å²) in [6.45, 7) is 0. The Morgan fingerprint density at radius 1 is 0.969 bits per heavy atom.